The van der Waals surface area contributed by atoms with Crippen molar-refractivity contribution < 1.29 is 26.1 Å². The Labute approximate surface area is 203 Å². The van der Waals surface area contributed by atoms with Gasteiger partial charge in [-0.2, -0.15) is 22.5 Å². The average Bonchev–Trinajstić information content (AvgIpc) is 3.34. The monoisotopic (exact) mass is 507 g/mol. The van der Waals surface area contributed by atoms with Crippen molar-refractivity contribution in [3.05, 3.63) is 65.5 Å². The van der Waals surface area contributed by atoms with Gasteiger partial charge in [0.2, 0.25) is 21.7 Å². The van der Waals surface area contributed by atoms with E-state index in [4.69, 9.17) is 4.52 Å². The maximum absolute atomic E-state index is 13.1. The summed E-state index contributed by atoms with van der Waals surface area (Å²) >= 11 is 0. The first-order valence-electron chi connectivity index (χ1n) is 11.5. The molecule has 6 nitrogen and oxygen atoms in total. The van der Waals surface area contributed by atoms with E-state index in [1.54, 1.807) is 12.1 Å². The summed E-state index contributed by atoms with van der Waals surface area (Å²) < 4.78 is 71.4. The number of hydrogen-bond acceptors (Lipinski definition) is 5. The largest absolute Gasteiger partial charge is 0.416 e. The Balaban J connectivity index is 1.41. The molecule has 1 aliphatic rings. The molecule has 0 aliphatic carbocycles. The van der Waals surface area contributed by atoms with Crippen LogP contribution in [0.2, 0.25) is 0 Å². The van der Waals surface area contributed by atoms with Gasteiger partial charge in [-0.1, -0.05) is 50.2 Å². The third kappa shape index (κ3) is 5.28. The first-order valence-corrected chi connectivity index (χ1v) is 13.0. The van der Waals surface area contributed by atoms with Gasteiger partial charge in [0.05, 0.1) is 10.5 Å². The van der Waals surface area contributed by atoms with Gasteiger partial charge in [-0.25, -0.2) is 8.42 Å². The minimum atomic E-state index is -4.41. The number of alkyl halides is 3. The SMILES string of the molecule is CCC(C)(C)c1ccc(S(=O)(=O)N2CCC(c3nc(-c4ccc(C(F)(F)F)cc4)no3)CC2)cc1. The Bertz CT molecular complexity index is 1260. The van der Waals surface area contributed by atoms with Crippen LogP contribution >= 0.6 is 0 Å². The van der Waals surface area contributed by atoms with Crippen molar-refractivity contribution in [2.24, 2.45) is 0 Å². The van der Waals surface area contributed by atoms with Crippen LogP contribution < -0.4 is 0 Å². The summed E-state index contributed by atoms with van der Waals surface area (Å²) in [6.45, 7) is 6.98. The molecule has 0 radical (unpaired) electrons. The molecule has 1 aromatic heterocycles. The highest BCUT2D eigenvalue weighted by Gasteiger charge is 2.33. The molecule has 1 aliphatic heterocycles. The summed E-state index contributed by atoms with van der Waals surface area (Å²) in [6, 6.07) is 11.7. The van der Waals surface area contributed by atoms with Crippen LogP contribution in [-0.2, 0) is 21.6 Å². The summed E-state index contributed by atoms with van der Waals surface area (Å²) in [6.07, 6.45) is -2.45. The average molecular weight is 508 g/mol. The number of hydrogen-bond donors (Lipinski definition) is 0. The van der Waals surface area contributed by atoms with Crippen LogP contribution in [0.3, 0.4) is 0 Å². The summed E-state index contributed by atoms with van der Waals surface area (Å²) in [7, 11) is -3.62. The Hall–Kier alpha value is -2.72. The lowest BCUT2D eigenvalue weighted by atomic mass is 9.82. The second kappa shape index (κ2) is 9.39. The molecule has 1 saturated heterocycles. The minimum absolute atomic E-state index is 0.0239. The smallest absolute Gasteiger partial charge is 0.339 e. The molecule has 0 spiro atoms. The minimum Gasteiger partial charge on any atom is -0.339 e. The molecule has 0 atom stereocenters. The number of benzene rings is 2. The van der Waals surface area contributed by atoms with Crippen LogP contribution in [0, 0.1) is 0 Å². The van der Waals surface area contributed by atoms with Crippen LogP contribution in [0.25, 0.3) is 11.4 Å². The predicted molar refractivity (Wildman–Crippen MR) is 125 cm³/mol. The van der Waals surface area contributed by atoms with Crippen molar-refractivity contribution in [1.29, 1.82) is 0 Å². The molecule has 2 aromatic carbocycles. The second-order valence-corrected chi connectivity index (χ2v) is 11.4. The number of rotatable bonds is 6. The first-order chi connectivity index (χ1) is 16.4. The lowest BCUT2D eigenvalue weighted by Gasteiger charge is -2.30. The fourth-order valence-corrected chi connectivity index (χ4v) is 5.57. The molecule has 1 fully saturated rings. The van der Waals surface area contributed by atoms with Gasteiger partial charge in [0.15, 0.2) is 0 Å². The number of nitrogens with zero attached hydrogens (tertiary/aromatic N) is 3. The third-order valence-corrected chi connectivity index (χ3v) is 8.79. The van der Waals surface area contributed by atoms with Crippen molar-refractivity contribution in [2.45, 2.75) is 62.4 Å². The molecule has 35 heavy (non-hydrogen) atoms. The van der Waals surface area contributed by atoms with E-state index >= 15 is 0 Å². The molecule has 0 N–H and O–H groups in total. The van der Waals surface area contributed by atoms with E-state index in [1.165, 1.54) is 16.4 Å². The van der Waals surface area contributed by atoms with E-state index in [-0.39, 0.29) is 22.1 Å². The van der Waals surface area contributed by atoms with Crippen molar-refractivity contribution >= 4 is 10.0 Å². The molecular weight excluding hydrogens is 479 g/mol. The Morgan fingerprint density at radius 3 is 2.09 bits per heavy atom. The number of piperidine rings is 1. The lowest BCUT2D eigenvalue weighted by Crippen LogP contribution is -2.38. The molecule has 0 unspecified atom stereocenters. The molecular formula is C25H28F3N3O3S. The van der Waals surface area contributed by atoms with Gasteiger partial charge in [-0.3, -0.25) is 0 Å². The molecule has 3 aromatic rings. The summed E-state index contributed by atoms with van der Waals surface area (Å²) in [5.41, 5.74) is 0.743. The first kappa shape index (κ1) is 25.4. The Morgan fingerprint density at radius 1 is 0.971 bits per heavy atom. The van der Waals surface area contributed by atoms with Crippen molar-refractivity contribution in [1.82, 2.24) is 14.4 Å². The van der Waals surface area contributed by atoms with Crippen LogP contribution in [0.15, 0.2) is 57.9 Å². The maximum atomic E-state index is 13.1. The van der Waals surface area contributed by atoms with E-state index in [0.29, 0.717) is 37.4 Å². The van der Waals surface area contributed by atoms with Crippen molar-refractivity contribution in [3.63, 3.8) is 0 Å². The summed E-state index contributed by atoms with van der Waals surface area (Å²) in [4.78, 5) is 4.63. The van der Waals surface area contributed by atoms with Gasteiger partial charge < -0.3 is 4.52 Å². The van der Waals surface area contributed by atoms with Crippen LogP contribution in [0.5, 0.6) is 0 Å². The van der Waals surface area contributed by atoms with E-state index in [1.807, 2.05) is 12.1 Å². The van der Waals surface area contributed by atoms with Crippen LogP contribution in [0.1, 0.15) is 63.0 Å². The highest BCUT2D eigenvalue weighted by Crippen LogP contribution is 2.34. The Kier molecular flexibility index (Phi) is 6.80. The Morgan fingerprint density at radius 2 is 1.54 bits per heavy atom. The van der Waals surface area contributed by atoms with Crippen LogP contribution in [0.4, 0.5) is 13.2 Å². The standard InChI is InChI=1S/C25H28F3N3O3S/c1-4-24(2,3)19-9-11-21(12-10-19)35(32,33)31-15-13-18(14-16-31)23-29-22(30-34-23)17-5-7-20(8-6-17)25(26,27)28/h5-12,18H,4,13-16H2,1-3H3. The molecule has 0 saturated carbocycles. The summed E-state index contributed by atoms with van der Waals surface area (Å²) in [5.74, 6) is 0.451. The quantitative estimate of drug-likeness (QED) is 0.408. The lowest BCUT2D eigenvalue weighted by molar-refractivity contribution is -0.137. The maximum Gasteiger partial charge on any atom is 0.416 e. The normalized spacial score (nSPS) is 16.5. The topological polar surface area (TPSA) is 76.3 Å². The third-order valence-electron chi connectivity index (χ3n) is 6.87. The molecule has 10 heteroatoms. The molecule has 2 heterocycles. The predicted octanol–water partition coefficient (Wildman–Crippen LogP) is 6.01. The fraction of sp³-hybridized carbons (Fsp3) is 0.440. The zero-order valence-corrected chi connectivity index (χ0v) is 20.7. The fourth-order valence-electron chi connectivity index (χ4n) is 4.10. The zero-order valence-electron chi connectivity index (χ0n) is 19.8. The van der Waals surface area contributed by atoms with E-state index in [0.717, 1.165) is 24.1 Å². The van der Waals surface area contributed by atoms with E-state index in [2.05, 4.69) is 30.9 Å². The van der Waals surface area contributed by atoms with Gasteiger partial charge in [0, 0.05) is 24.6 Å². The molecule has 4 rings (SSSR count). The van der Waals surface area contributed by atoms with Gasteiger partial charge in [-0.15, -0.1) is 0 Å². The number of sulfonamides is 1. The summed E-state index contributed by atoms with van der Waals surface area (Å²) in [5, 5.41) is 3.90. The van der Waals surface area contributed by atoms with Gasteiger partial charge in [-0.05, 0) is 54.5 Å². The van der Waals surface area contributed by atoms with Crippen molar-refractivity contribution in [3.8, 4) is 11.4 Å². The van der Waals surface area contributed by atoms with E-state index in [9.17, 15) is 21.6 Å². The van der Waals surface area contributed by atoms with Gasteiger partial charge in [0.25, 0.3) is 0 Å². The number of halogens is 3. The highest BCUT2D eigenvalue weighted by molar-refractivity contribution is 7.89. The second-order valence-electron chi connectivity index (χ2n) is 9.47. The van der Waals surface area contributed by atoms with Gasteiger partial charge in [0.1, 0.15) is 0 Å². The number of aromatic nitrogens is 2. The highest BCUT2D eigenvalue weighted by atomic mass is 32.2. The molecule has 0 bridgehead atoms. The zero-order chi connectivity index (χ0) is 25.4. The van der Waals surface area contributed by atoms with Crippen LogP contribution in [-0.4, -0.2) is 36.0 Å². The molecule has 188 valence electrons. The van der Waals surface area contributed by atoms with E-state index < -0.39 is 21.8 Å². The van der Waals surface area contributed by atoms with Gasteiger partial charge >= 0.3 is 6.18 Å². The molecule has 0 amide bonds. The van der Waals surface area contributed by atoms with Crippen molar-refractivity contribution in [2.75, 3.05) is 13.1 Å².